The number of ether oxygens (including phenoxy) is 1. The van der Waals surface area contributed by atoms with Gasteiger partial charge in [0.1, 0.15) is 6.04 Å². The molecular formula is C24H23N3O7. The Kier molecular flexibility index (Phi) is 6.40. The second-order valence-electron chi connectivity index (χ2n) is 8.28. The summed E-state index contributed by atoms with van der Waals surface area (Å²) in [6.07, 6.45) is 3.08. The number of anilines is 1. The van der Waals surface area contributed by atoms with Gasteiger partial charge in [0, 0.05) is 23.7 Å². The Morgan fingerprint density at radius 3 is 2.15 bits per heavy atom. The first kappa shape index (κ1) is 23.1. The molecular weight excluding hydrogens is 442 g/mol. The molecule has 4 rings (SSSR count). The lowest BCUT2D eigenvalue weighted by atomic mass is 10.1. The van der Waals surface area contributed by atoms with Crippen LogP contribution in [-0.2, 0) is 14.3 Å². The zero-order chi connectivity index (χ0) is 24.4. The maximum atomic E-state index is 13.5. The lowest BCUT2D eigenvalue weighted by Crippen LogP contribution is -2.50. The lowest BCUT2D eigenvalue weighted by Gasteiger charge is -2.33. The number of carbonyl (C=O) groups is 4. The van der Waals surface area contributed by atoms with Crippen LogP contribution >= 0.6 is 0 Å². The Morgan fingerprint density at radius 1 is 1.00 bits per heavy atom. The molecule has 2 aromatic carbocycles. The molecule has 0 spiro atoms. The van der Waals surface area contributed by atoms with Gasteiger partial charge in [0.25, 0.3) is 17.5 Å². The van der Waals surface area contributed by atoms with Crippen molar-refractivity contribution in [2.75, 3.05) is 12.0 Å². The van der Waals surface area contributed by atoms with Crippen LogP contribution in [0.15, 0.2) is 48.5 Å². The van der Waals surface area contributed by atoms with E-state index in [4.69, 9.17) is 0 Å². The molecule has 1 saturated carbocycles. The standard InChI is InChI=1S/C24H23N3O7/c1-34-24(31)16-8-10-18(11-9-16)26-21(28)14-20(23(26)30)25(17-4-2-3-5-17)22(29)15-6-12-19(13-7-15)27(32)33/h6-13,17,20H,2-5,14H2,1H3. The molecule has 1 unspecified atom stereocenters. The molecule has 0 bridgehead atoms. The summed E-state index contributed by atoms with van der Waals surface area (Å²) in [7, 11) is 1.26. The summed E-state index contributed by atoms with van der Waals surface area (Å²) in [6, 6.07) is 9.96. The highest BCUT2D eigenvalue weighted by molar-refractivity contribution is 6.23. The molecule has 0 aromatic heterocycles. The van der Waals surface area contributed by atoms with Gasteiger partial charge in [-0.15, -0.1) is 0 Å². The number of carbonyl (C=O) groups excluding carboxylic acids is 4. The van der Waals surface area contributed by atoms with E-state index in [1.165, 1.54) is 60.5 Å². The summed E-state index contributed by atoms with van der Waals surface area (Å²) in [4.78, 5) is 64.3. The monoisotopic (exact) mass is 465 g/mol. The molecule has 1 atom stereocenters. The van der Waals surface area contributed by atoms with Gasteiger partial charge < -0.3 is 9.64 Å². The number of hydrogen-bond donors (Lipinski definition) is 0. The largest absolute Gasteiger partial charge is 0.465 e. The van der Waals surface area contributed by atoms with E-state index in [1.54, 1.807) is 0 Å². The van der Waals surface area contributed by atoms with Crippen LogP contribution < -0.4 is 4.90 Å². The first-order valence-corrected chi connectivity index (χ1v) is 10.9. The van der Waals surface area contributed by atoms with Crippen LogP contribution in [-0.4, -0.2) is 52.7 Å². The fourth-order valence-electron chi connectivity index (χ4n) is 4.59. The Balaban J connectivity index is 1.63. The second-order valence-corrected chi connectivity index (χ2v) is 8.28. The molecule has 2 aliphatic rings. The fraction of sp³-hybridized carbons (Fsp3) is 0.333. The van der Waals surface area contributed by atoms with Gasteiger partial charge in [0.05, 0.1) is 29.7 Å². The third kappa shape index (κ3) is 4.26. The second kappa shape index (κ2) is 9.42. The van der Waals surface area contributed by atoms with E-state index in [9.17, 15) is 29.3 Å². The molecule has 1 aliphatic carbocycles. The summed E-state index contributed by atoms with van der Waals surface area (Å²) in [5.74, 6) is -1.93. The van der Waals surface area contributed by atoms with Gasteiger partial charge in [0.15, 0.2) is 0 Å². The Bertz CT molecular complexity index is 1140. The third-order valence-electron chi connectivity index (χ3n) is 6.28. The number of rotatable bonds is 6. The number of nitro benzene ring substituents is 1. The molecule has 1 saturated heterocycles. The SMILES string of the molecule is COC(=O)c1ccc(N2C(=O)CC(N(C(=O)c3ccc([N+](=O)[O-])cc3)C3CCCC3)C2=O)cc1. The predicted molar refractivity (Wildman–Crippen MR) is 120 cm³/mol. The number of esters is 1. The fourth-order valence-corrected chi connectivity index (χ4v) is 4.59. The molecule has 2 aromatic rings. The molecule has 0 N–H and O–H groups in total. The van der Waals surface area contributed by atoms with Crippen molar-refractivity contribution >= 4 is 35.1 Å². The van der Waals surface area contributed by atoms with Gasteiger partial charge in [-0.3, -0.25) is 24.5 Å². The van der Waals surface area contributed by atoms with E-state index in [0.29, 0.717) is 18.5 Å². The molecule has 0 radical (unpaired) electrons. The lowest BCUT2D eigenvalue weighted by molar-refractivity contribution is -0.384. The van der Waals surface area contributed by atoms with Crippen LogP contribution in [0.1, 0.15) is 52.8 Å². The minimum absolute atomic E-state index is 0.141. The van der Waals surface area contributed by atoms with Crippen LogP contribution in [0.3, 0.4) is 0 Å². The Labute approximate surface area is 195 Å². The predicted octanol–water partition coefficient (Wildman–Crippen LogP) is 3.10. The van der Waals surface area contributed by atoms with E-state index < -0.39 is 34.7 Å². The molecule has 2 fully saturated rings. The molecule has 3 amide bonds. The summed E-state index contributed by atoms with van der Waals surface area (Å²) in [5.41, 5.74) is 0.665. The molecule has 10 nitrogen and oxygen atoms in total. The van der Waals surface area contributed by atoms with Gasteiger partial charge in [0.2, 0.25) is 5.91 Å². The number of amides is 3. The summed E-state index contributed by atoms with van der Waals surface area (Å²) in [5, 5.41) is 11.0. The zero-order valence-electron chi connectivity index (χ0n) is 18.5. The highest BCUT2D eigenvalue weighted by Gasteiger charge is 2.47. The Hall–Kier alpha value is -4.08. The molecule has 1 aliphatic heterocycles. The molecule has 1 heterocycles. The Morgan fingerprint density at radius 2 is 1.59 bits per heavy atom. The smallest absolute Gasteiger partial charge is 0.337 e. The summed E-state index contributed by atoms with van der Waals surface area (Å²) in [6.45, 7) is 0. The van der Waals surface area contributed by atoms with Crippen LogP contribution in [0.4, 0.5) is 11.4 Å². The third-order valence-corrected chi connectivity index (χ3v) is 6.28. The normalized spacial score (nSPS) is 18.3. The van der Waals surface area contributed by atoms with Gasteiger partial charge in [-0.05, 0) is 49.2 Å². The van der Waals surface area contributed by atoms with Crippen molar-refractivity contribution in [1.82, 2.24) is 4.90 Å². The highest BCUT2D eigenvalue weighted by Crippen LogP contribution is 2.33. The number of nitrogens with zero attached hydrogens (tertiary/aromatic N) is 3. The minimum Gasteiger partial charge on any atom is -0.465 e. The molecule has 34 heavy (non-hydrogen) atoms. The van der Waals surface area contributed by atoms with Crippen molar-refractivity contribution in [2.45, 2.75) is 44.2 Å². The number of nitro groups is 1. The summed E-state index contributed by atoms with van der Waals surface area (Å²) < 4.78 is 4.67. The number of imide groups is 1. The molecule has 176 valence electrons. The molecule has 10 heteroatoms. The van der Waals surface area contributed by atoms with E-state index in [-0.39, 0.29) is 29.3 Å². The van der Waals surface area contributed by atoms with Crippen LogP contribution in [0, 0.1) is 10.1 Å². The number of methoxy groups -OCH3 is 1. The van der Waals surface area contributed by atoms with Crippen molar-refractivity contribution in [3.8, 4) is 0 Å². The van der Waals surface area contributed by atoms with Crippen LogP contribution in [0.25, 0.3) is 0 Å². The number of non-ortho nitro benzene ring substituents is 1. The highest BCUT2D eigenvalue weighted by atomic mass is 16.6. The quantitative estimate of drug-likeness (QED) is 0.278. The maximum absolute atomic E-state index is 13.5. The van der Waals surface area contributed by atoms with Gasteiger partial charge >= 0.3 is 5.97 Å². The van der Waals surface area contributed by atoms with Gasteiger partial charge in [-0.25, -0.2) is 9.69 Å². The van der Waals surface area contributed by atoms with Crippen molar-refractivity contribution in [3.05, 3.63) is 69.8 Å². The van der Waals surface area contributed by atoms with E-state index in [2.05, 4.69) is 4.74 Å². The van der Waals surface area contributed by atoms with E-state index in [0.717, 1.165) is 17.7 Å². The maximum Gasteiger partial charge on any atom is 0.337 e. The van der Waals surface area contributed by atoms with Gasteiger partial charge in [-0.1, -0.05) is 12.8 Å². The van der Waals surface area contributed by atoms with E-state index in [1.807, 2.05) is 0 Å². The topological polar surface area (TPSA) is 127 Å². The first-order valence-electron chi connectivity index (χ1n) is 10.9. The van der Waals surface area contributed by atoms with Crippen molar-refractivity contribution in [2.24, 2.45) is 0 Å². The average Bonchev–Trinajstić information content (AvgIpc) is 3.47. The number of hydrogen-bond acceptors (Lipinski definition) is 7. The van der Waals surface area contributed by atoms with E-state index >= 15 is 0 Å². The van der Waals surface area contributed by atoms with Crippen molar-refractivity contribution in [3.63, 3.8) is 0 Å². The van der Waals surface area contributed by atoms with Crippen molar-refractivity contribution in [1.29, 1.82) is 0 Å². The van der Waals surface area contributed by atoms with Gasteiger partial charge in [-0.2, -0.15) is 0 Å². The zero-order valence-corrected chi connectivity index (χ0v) is 18.5. The first-order chi connectivity index (χ1) is 16.3. The van der Waals surface area contributed by atoms with Crippen LogP contribution in [0.2, 0.25) is 0 Å². The summed E-state index contributed by atoms with van der Waals surface area (Å²) >= 11 is 0. The minimum atomic E-state index is -0.974. The van der Waals surface area contributed by atoms with Crippen LogP contribution in [0.5, 0.6) is 0 Å². The van der Waals surface area contributed by atoms with Crippen molar-refractivity contribution < 1.29 is 28.8 Å². The number of benzene rings is 2. The average molecular weight is 465 g/mol.